The van der Waals surface area contributed by atoms with E-state index in [2.05, 4.69) is 5.32 Å². The monoisotopic (exact) mass is 480 g/mol. The zero-order valence-corrected chi connectivity index (χ0v) is 19.9. The summed E-state index contributed by atoms with van der Waals surface area (Å²) in [4.78, 5) is 51.7. The molecule has 0 unspecified atom stereocenters. The number of hydrogen-bond acceptors (Lipinski definition) is 7. The summed E-state index contributed by atoms with van der Waals surface area (Å²) in [5.74, 6) is -2.31. The van der Waals surface area contributed by atoms with E-state index in [-0.39, 0.29) is 32.1 Å². The fraction of sp³-hybridized carbons (Fsp3) is 0.320. The van der Waals surface area contributed by atoms with Crippen molar-refractivity contribution in [3.63, 3.8) is 0 Å². The molecular formula is C25H28N4O6. The van der Waals surface area contributed by atoms with Crippen molar-refractivity contribution < 1.29 is 28.7 Å². The topological polar surface area (TPSA) is 129 Å². The Morgan fingerprint density at radius 1 is 0.971 bits per heavy atom. The first-order valence-corrected chi connectivity index (χ1v) is 11.0. The molecule has 2 aromatic rings. The minimum Gasteiger partial charge on any atom is -0.459 e. The van der Waals surface area contributed by atoms with Gasteiger partial charge in [0.15, 0.2) is 0 Å². The van der Waals surface area contributed by atoms with Crippen LogP contribution in [0.2, 0.25) is 0 Å². The maximum atomic E-state index is 12.7. The number of benzene rings is 2. The van der Waals surface area contributed by atoms with Crippen LogP contribution in [0.15, 0.2) is 54.6 Å². The number of anilines is 1. The number of nitrogens with one attached hydrogen (secondary N) is 2. The zero-order valence-electron chi connectivity index (χ0n) is 19.9. The highest BCUT2D eigenvalue weighted by Crippen LogP contribution is 2.19. The van der Waals surface area contributed by atoms with Crippen LogP contribution in [0.1, 0.15) is 31.9 Å². The summed E-state index contributed by atoms with van der Waals surface area (Å²) >= 11 is 0. The van der Waals surface area contributed by atoms with Crippen LogP contribution in [0.3, 0.4) is 0 Å². The number of carbonyl (C=O) groups is 4. The minimum absolute atomic E-state index is 0.0892. The van der Waals surface area contributed by atoms with Crippen LogP contribution < -0.4 is 10.2 Å². The van der Waals surface area contributed by atoms with Gasteiger partial charge in [0.05, 0.1) is 0 Å². The van der Waals surface area contributed by atoms with Gasteiger partial charge in [-0.25, -0.2) is 4.79 Å². The summed E-state index contributed by atoms with van der Waals surface area (Å²) in [7, 11) is 0. The first kappa shape index (κ1) is 25.4. The van der Waals surface area contributed by atoms with Crippen LogP contribution in [0, 0.1) is 5.41 Å². The minimum atomic E-state index is -0.795. The maximum Gasteiger partial charge on any atom is 0.413 e. The Morgan fingerprint density at radius 3 is 2.26 bits per heavy atom. The smallest absolute Gasteiger partial charge is 0.413 e. The molecule has 1 saturated heterocycles. The summed E-state index contributed by atoms with van der Waals surface area (Å²) in [6, 6.07) is 15.4. The molecule has 3 amide bonds. The second kappa shape index (κ2) is 10.8. The lowest BCUT2D eigenvalue weighted by atomic mass is 10.1. The van der Waals surface area contributed by atoms with Crippen molar-refractivity contribution in [2.24, 2.45) is 0 Å². The third-order valence-electron chi connectivity index (χ3n) is 4.97. The lowest BCUT2D eigenvalue weighted by Crippen LogP contribution is -2.55. The highest BCUT2D eigenvalue weighted by Gasteiger charge is 2.34. The average molecular weight is 481 g/mol. The van der Waals surface area contributed by atoms with Crippen molar-refractivity contribution in [3.8, 4) is 0 Å². The van der Waals surface area contributed by atoms with E-state index in [4.69, 9.17) is 14.9 Å². The predicted molar refractivity (Wildman–Crippen MR) is 128 cm³/mol. The summed E-state index contributed by atoms with van der Waals surface area (Å²) in [5, 5.41) is 10.4. The first-order chi connectivity index (χ1) is 16.5. The lowest BCUT2D eigenvalue weighted by molar-refractivity contribution is -0.154. The molecule has 10 heteroatoms. The molecule has 0 saturated carbocycles. The van der Waals surface area contributed by atoms with Crippen molar-refractivity contribution in [1.29, 1.82) is 5.41 Å². The summed E-state index contributed by atoms with van der Waals surface area (Å²) in [5.41, 5.74) is 0.995. The van der Waals surface area contributed by atoms with Crippen LogP contribution in [0.4, 0.5) is 10.5 Å². The third-order valence-corrected chi connectivity index (χ3v) is 4.97. The van der Waals surface area contributed by atoms with Gasteiger partial charge in [-0.15, -0.1) is 0 Å². The summed E-state index contributed by atoms with van der Waals surface area (Å²) in [6.07, 6.45) is -0.745. The second-order valence-electron chi connectivity index (χ2n) is 8.88. The number of rotatable bonds is 6. The number of nitrogens with zero attached hydrogens (tertiary/aromatic N) is 2. The molecule has 1 heterocycles. The molecule has 0 bridgehead atoms. The SMILES string of the molecule is CC(C)(C)OC(=O)NC(=N)c1ccc(N2CCN(CC(=O)OCc3ccccc3)C(=O)C2=O)cc1. The molecule has 10 nitrogen and oxygen atoms in total. The predicted octanol–water partition coefficient (Wildman–Crippen LogP) is 2.46. The van der Waals surface area contributed by atoms with Crippen LogP contribution in [-0.2, 0) is 30.5 Å². The Bertz CT molecular complexity index is 1110. The Morgan fingerprint density at radius 2 is 1.63 bits per heavy atom. The van der Waals surface area contributed by atoms with Crippen molar-refractivity contribution in [3.05, 3.63) is 65.7 Å². The fourth-order valence-corrected chi connectivity index (χ4v) is 3.30. The fourth-order valence-electron chi connectivity index (χ4n) is 3.30. The van der Waals surface area contributed by atoms with E-state index in [0.29, 0.717) is 11.3 Å². The van der Waals surface area contributed by atoms with Crippen molar-refractivity contribution in [2.45, 2.75) is 33.0 Å². The molecule has 0 aromatic heterocycles. The molecule has 3 rings (SSSR count). The van der Waals surface area contributed by atoms with Crippen LogP contribution in [-0.4, -0.2) is 59.8 Å². The Balaban J connectivity index is 1.54. The van der Waals surface area contributed by atoms with E-state index in [0.717, 1.165) is 5.56 Å². The standard InChI is InChI=1S/C25H28N4O6/c1-25(2,3)35-24(33)27-21(26)18-9-11-19(12-10-18)29-14-13-28(22(31)23(29)32)15-20(30)34-16-17-7-5-4-6-8-17/h4-12H,13-16H2,1-3H3,(H2,26,27,33). The normalized spacial score (nSPS) is 13.9. The number of piperazine rings is 1. The molecule has 0 atom stereocenters. The zero-order chi connectivity index (χ0) is 25.6. The molecule has 0 radical (unpaired) electrons. The molecule has 35 heavy (non-hydrogen) atoms. The number of amides is 3. The molecule has 184 valence electrons. The van der Waals surface area contributed by atoms with Gasteiger partial charge in [-0.2, -0.15) is 0 Å². The van der Waals surface area contributed by atoms with E-state index in [9.17, 15) is 19.2 Å². The Hall–Kier alpha value is -4.21. The third kappa shape index (κ3) is 7.13. The van der Waals surface area contributed by atoms with E-state index in [1.165, 1.54) is 9.80 Å². The van der Waals surface area contributed by atoms with Gasteiger partial charge in [0.25, 0.3) is 0 Å². The van der Waals surface area contributed by atoms with Crippen LogP contribution >= 0.6 is 0 Å². The van der Waals surface area contributed by atoms with E-state index < -0.39 is 29.5 Å². The molecule has 1 aliphatic rings. The van der Waals surface area contributed by atoms with Gasteiger partial charge < -0.3 is 19.3 Å². The molecule has 0 spiro atoms. The highest BCUT2D eigenvalue weighted by molar-refractivity contribution is 6.41. The molecule has 2 aromatic carbocycles. The maximum absolute atomic E-state index is 12.7. The van der Waals surface area contributed by atoms with Gasteiger partial charge in [-0.05, 0) is 50.6 Å². The Kier molecular flexibility index (Phi) is 7.85. The average Bonchev–Trinajstić information content (AvgIpc) is 2.80. The summed E-state index contributed by atoms with van der Waals surface area (Å²) in [6.45, 7) is 5.31. The van der Waals surface area contributed by atoms with Crippen molar-refractivity contribution in [2.75, 3.05) is 24.5 Å². The van der Waals surface area contributed by atoms with Crippen LogP contribution in [0.5, 0.6) is 0 Å². The van der Waals surface area contributed by atoms with Gasteiger partial charge in [-0.3, -0.25) is 25.1 Å². The second-order valence-corrected chi connectivity index (χ2v) is 8.88. The molecule has 2 N–H and O–H groups in total. The van der Waals surface area contributed by atoms with Crippen LogP contribution in [0.25, 0.3) is 0 Å². The lowest BCUT2D eigenvalue weighted by Gasteiger charge is -2.33. The van der Waals surface area contributed by atoms with E-state index >= 15 is 0 Å². The van der Waals surface area contributed by atoms with E-state index in [1.807, 2.05) is 30.3 Å². The van der Waals surface area contributed by atoms with Gasteiger partial charge in [0, 0.05) is 24.3 Å². The van der Waals surface area contributed by atoms with Gasteiger partial charge in [0.1, 0.15) is 24.6 Å². The molecular weight excluding hydrogens is 452 g/mol. The molecule has 0 aliphatic carbocycles. The number of hydrogen-bond donors (Lipinski definition) is 2. The Labute approximate surface area is 203 Å². The molecule has 1 aliphatic heterocycles. The number of esters is 1. The number of carbonyl (C=O) groups excluding carboxylic acids is 4. The first-order valence-electron chi connectivity index (χ1n) is 11.0. The quantitative estimate of drug-likeness (QED) is 0.283. The largest absolute Gasteiger partial charge is 0.459 e. The number of amidine groups is 1. The number of ether oxygens (including phenoxy) is 2. The van der Waals surface area contributed by atoms with E-state index in [1.54, 1.807) is 45.0 Å². The summed E-state index contributed by atoms with van der Waals surface area (Å²) < 4.78 is 10.3. The number of alkyl carbamates (subject to hydrolysis) is 1. The highest BCUT2D eigenvalue weighted by atomic mass is 16.6. The molecule has 1 fully saturated rings. The van der Waals surface area contributed by atoms with Gasteiger partial charge >= 0.3 is 23.9 Å². The van der Waals surface area contributed by atoms with Gasteiger partial charge in [0.2, 0.25) is 0 Å². The van der Waals surface area contributed by atoms with Crippen molar-refractivity contribution >= 4 is 35.4 Å². The van der Waals surface area contributed by atoms with Gasteiger partial charge in [-0.1, -0.05) is 30.3 Å². The van der Waals surface area contributed by atoms with Crippen molar-refractivity contribution in [1.82, 2.24) is 10.2 Å².